The van der Waals surface area contributed by atoms with Gasteiger partial charge in [0.2, 0.25) is 0 Å². The molecule has 0 atom stereocenters. The summed E-state index contributed by atoms with van der Waals surface area (Å²) in [4.78, 5) is 22.0. The van der Waals surface area contributed by atoms with E-state index in [0.29, 0.717) is 18.6 Å². The molecule has 0 aliphatic rings. The van der Waals surface area contributed by atoms with Gasteiger partial charge in [-0.2, -0.15) is 0 Å². The van der Waals surface area contributed by atoms with Crippen LogP contribution in [0.1, 0.15) is 43.9 Å². The number of rotatable bonds is 5. The molecule has 0 radical (unpaired) electrons. The molecular weight excluding hydrogens is 228 g/mol. The summed E-state index contributed by atoms with van der Waals surface area (Å²) in [6.07, 6.45) is 0.423. The van der Waals surface area contributed by atoms with Crippen LogP contribution in [0.3, 0.4) is 0 Å². The lowest BCUT2D eigenvalue weighted by Crippen LogP contribution is -2.23. The van der Waals surface area contributed by atoms with Gasteiger partial charge in [-0.3, -0.25) is 9.59 Å². The molecule has 0 aromatic heterocycles. The largest absolute Gasteiger partial charge is 0.428 e. The number of Topliss-reactive ketones (excluding diaryl/α,β-unsaturated/α-hetero) is 1. The lowest BCUT2D eigenvalue weighted by Gasteiger charge is -2.28. The third-order valence-corrected chi connectivity index (χ3v) is 3.10. The van der Waals surface area contributed by atoms with Crippen LogP contribution in [0, 0.1) is 13.8 Å². The molecule has 0 amide bonds. The number of ether oxygens (including phenoxy) is 1. The molecule has 3 heteroatoms. The van der Waals surface area contributed by atoms with Crippen LogP contribution < -0.4 is 4.74 Å². The highest BCUT2D eigenvalue weighted by molar-refractivity contribution is 5.77. The smallest absolute Gasteiger partial charge is 0.298 e. The van der Waals surface area contributed by atoms with Gasteiger partial charge in [0.05, 0.1) is 0 Å². The maximum Gasteiger partial charge on any atom is 0.298 e. The van der Waals surface area contributed by atoms with Gasteiger partial charge in [0.25, 0.3) is 6.47 Å². The molecule has 0 N–H and O–H groups in total. The summed E-state index contributed by atoms with van der Waals surface area (Å²) in [5, 5.41) is 0. The van der Waals surface area contributed by atoms with Gasteiger partial charge in [0, 0.05) is 17.4 Å². The van der Waals surface area contributed by atoms with Crippen molar-refractivity contribution in [2.24, 2.45) is 0 Å². The molecule has 0 aliphatic heterocycles. The second-order valence-electron chi connectivity index (χ2n) is 5.38. The summed E-state index contributed by atoms with van der Waals surface area (Å²) in [5.74, 6) is 0.703. The number of aryl methyl sites for hydroxylation is 2. The Bertz CT molecular complexity index is 473. The molecule has 0 fully saturated rings. The minimum atomic E-state index is -0.347. The van der Waals surface area contributed by atoms with Crippen molar-refractivity contribution in [3.63, 3.8) is 0 Å². The second-order valence-corrected chi connectivity index (χ2v) is 5.38. The summed E-state index contributed by atoms with van der Waals surface area (Å²) in [6.45, 7) is 9.86. The van der Waals surface area contributed by atoms with Gasteiger partial charge in [0.15, 0.2) is 0 Å². The highest BCUT2D eigenvalue weighted by Crippen LogP contribution is 2.38. The van der Waals surface area contributed by atoms with Crippen LogP contribution >= 0.6 is 0 Å². The highest BCUT2D eigenvalue weighted by atomic mass is 16.5. The first-order valence-corrected chi connectivity index (χ1v) is 6.00. The lowest BCUT2D eigenvalue weighted by molar-refractivity contribution is -0.120. The van der Waals surface area contributed by atoms with E-state index in [1.54, 1.807) is 6.92 Å². The van der Waals surface area contributed by atoms with Crippen LogP contribution in [-0.2, 0) is 15.0 Å². The number of hydrogen-bond donors (Lipinski definition) is 0. The van der Waals surface area contributed by atoms with Crippen molar-refractivity contribution in [2.45, 2.75) is 46.5 Å². The fourth-order valence-corrected chi connectivity index (χ4v) is 2.54. The zero-order valence-electron chi connectivity index (χ0n) is 11.7. The van der Waals surface area contributed by atoms with E-state index in [1.165, 1.54) is 0 Å². The predicted octanol–water partition coefficient (Wildman–Crippen LogP) is 3.10. The van der Waals surface area contributed by atoms with E-state index in [9.17, 15) is 9.59 Å². The summed E-state index contributed by atoms with van der Waals surface area (Å²) < 4.78 is 5.12. The van der Waals surface area contributed by atoms with Crippen molar-refractivity contribution < 1.29 is 14.3 Å². The lowest BCUT2D eigenvalue weighted by atomic mass is 9.77. The average molecular weight is 248 g/mol. The van der Waals surface area contributed by atoms with E-state index < -0.39 is 0 Å². The van der Waals surface area contributed by atoms with Gasteiger partial charge >= 0.3 is 0 Å². The van der Waals surface area contributed by atoms with E-state index in [2.05, 4.69) is 0 Å². The van der Waals surface area contributed by atoms with E-state index >= 15 is 0 Å². The number of benzene rings is 1. The molecule has 1 aromatic rings. The Balaban J connectivity index is 3.41. The summed E-state index contributed by atoms with van der Waals surface area (Å²) >= 11 is 0. The third kappa shape index (κ3) is 2.97. The Hall–Kier alpha value is -1.64. The fourth-order valence-electron chi connectivity index (χ4n) is 2.54. The Labute approximate surface area is 108 Å². The molecule has 0 saturated heterocycles. The molecule has 98 valence electrons. The molecule has 1 aromatic carbocycles. The molecule has 0 bridgehead atoms. The van der Waals surface area contributed by atoms with E-state index in [-0.39, 0.29) is 11.2 Å². The first kappa shape index (κ1) is 14.4. The maximum absolute atomic E-state index is 11.4. The highest BCUT2D eigenvalue weighted by Gasteiger charge is 2.29. The van der Waals surface area contributed by atoms with Gasteiger partial charge in [-0.25, -0.2) is 0 Å². The van der Waals surface area contributed by atoms with E-state index in [4.69, 9.17) is 4.74 Å². The zero-order chi connectivity index (χ0) is 13.9. The van der Waals surface area contributed by atoms with E-state index in [1.807, 2.05) is 39.8 Å². The molecule has 3 nitrogen and oxygen atoms in total. The zero-order valence-corrected chi connectivity index (χ0v) is 11.7. The SMILES string of the molecule is CC(=O)CC(C)(C)c1c(C)ccc(C)c1OC=O. The Morgan fingerprint density at radius 3 is 2.33 bits per heavy atom. The molecule has 0 spiro atoms. The van der Waals surface area contributed by atoms with Crippen LogP contribution in [0.5, 0.6) is 5.75 Å². The van der Waals surface area contributed by atoms with E-state index in [0.717, 1.165) is 16.7 Å². The molecule has 0 heterocycles. The van der Waals surface area contributed by atoms with Crippen molar-refractivity contribution >= 4 is 12.3 Å². The minimum Gasteiger partial charge on any atom is -0.428 e. The quantitative estimate of drug-likeness (QED) is 0.752. The van der Waals surface area contributed by atoms with Crippen molar-refractivity contribution in [1.82, 2.24) is 0 Å². The van der Waals surface area contributed by atoms with Gasteiger partial charge < -0.3 is 4.74 Å². The normalized spacial score (nSPS) is 11.2. The van der Waals surface area contributed by atoms with Gasteiger partial charge in [-0.1, -0.05) is 26.0 Å². The van der Waals surface area contributed by atoms with Crippen molar-refractivity contribution in [2.75, 3.05) is 0 Å². The minimum absolute atomic E-state index is 0.123. The molecule has 0 unspecified atom stereocenters. The summed E-state index contributed by atoms with van der Waals surface area (Å²) in [5.41, 5.74) is 2.52. The van der Waals surface area contributed by atoms with Gasteiger partial charge in [-0.05, 0) is 31.9 Å². The molecule has 1 rings (SSSR count). The number of carbonyl (C=O) groups excluding carboxylic acids is 2. The standard InChI is InChI=1S/C15H20O3/c1-10-6-7-11(2)14(18-9-16)13(10)15(4,5)8-12(3)17/h6-7,9H,8H2,1-5H3. The van der Waals surface area contributed by atoms with Crippen LogP contribution in [0.4, 0.5) is 0 Å². The number of hydrogen-bond acceptors (Lipinski definition) is 3. The second kappa shape index (κ2) is 5.34. The van der Waals surface area contributed by atoms with Crippen LogP contribution in [0.15, 0.2) is 12.1 Å². The molecule has 0 saturated carbocycles. The molecule has 0 aliphatic carbocycles. The van der Waals surface area contributed by atoms with Crippen LogP contribution in [0.25, 0.3) is 0 Å². The Morgan fingerprint density at radius 1 is 1.28 bits per heavy atom. The van der Waals surface area contributed by atoms with Crippen molar-refractivity contribution in [3.05, 3.63) is 28.8 Å². The number of carbonyl (C=O) groups is 2. The topological polar surface area (TPSA) is 43.4 Å². The fraction of sp³-hybridized carbons (Fsp3) is 0.467. The van der Waals surface area contributed by atoms with Crippen LogP contribution in [0.2, 0.25) is 0 Å². The summed E-state index contributed by atoms with van der Waals surface area (Å²) in [6, 6.07) is 3.91. The predicted molar refractivity (Wildman–Crippen MR) is 70.9 cm³/mol. The summed E-state index contributed by atoms with van der Waals surface area (Å²) in [7, 11) is 0. The van der Waals surface area contributed by atoms with Gasteiger partial charge in [-0.15, -0.1) is 0 Å². The Morgan fingerprint density at radius 2 is 1.83 bits per heavy atom. The monoisotopic (exact) mass is 248 g/mol. The molecular formula is C15H20O3. The third-order valence-electron chi connectivity index (χ3n) is 3.10. The Kier molecular flexibility index (Phi) is 4.28. The van der Waals surface area contributed by atoms with Crippen molar-refractivity contribution in [3.8, 4) is 5.75 Å². The maximum atomic E-state index is 11.4. The number of ketones is 1. The average Bonchev–Trinajstić information content (AvgIpc) is 2.21. The van der Waals surface area contributed by atoms with Gasteiger partial charge in [0.1, 0.15) is 11.5 Å². The first-order chi connectivity index (χ1) is 8.29. The van der Waals surface area contributed by atoms with Crippen molar-refractivity contribution in [1.29, 1.82) is 0 Å². The first-order valence-electron chi connectivity index (χ1n) is 6.00. The molecule has 18 heavy (non-hydrogen) atoms. The van der Waals surface area contributed by atoms with Crippen LogP contribution in [-0.4, -0.2) is 12.3 Å².